The first kappa shape index (κ1) is 14.0. The number of carbonyl (C=O) groups excluding carboxylic acids is 1. The standard InChI is InChI=1S/C15H16N2O3/c1-3-13(15(19)20)17(2)14(18)11-6-7-12-10(9-11)5-4-8-16-12/h4-9,13H,3H2,1-2H3,(H,19,20). The van der Waals surface area contributed by atoms with Crippen LogP contribution in [0.2, 0.25) is 0 Å². The van der Waals surface area contributed by atoms with Crippen molar-refractivity contribution < 1.29 is 14.7 Å². The van der Waals surface area contributed by atoms with E-state index in [9.17, 15) is 9.59 Å². The molecule has 1 amide bonds. The molecule has 1 atom stereocenters. The van der Waals surface area contributed by atoms with Crippen LogP contribution in [0.4, 0.5) is 0 Å². The average molecular weight is 272 g/mol. The van der Waals surface area contributed by atoms with E-state index in [1.165, 1.54) is 11.9 Å². The zero-order valence-corrected chi connectivity index (χ0v) is 11.4. The van der Waals surface area contributed by atoms with E-state index < -0.39 is 12.0 Å². The molecule has 1 unspecified atom stereocenters. The summed E-state index contributed by atoms with van der Waals surface area (Å²) in [6.45, 7) is 1.74. The minimum atomic E-state index is -0.995. The number of carboxylic acid groups (broad SMARTS) is 1. The zero-order valence-electron chi connectivity index (χ0n) is 11.4. The van der Waals surface area contributed by atoms with E-state index in [2.05, 4.69) is 4.98 Å². The summed E-state index contributed by atoms with van der Waals surface area (Å²) < 4.78 is 0. The Labute approximate surface area is 116 Å². The summed E-state index contributed by atoms with van der Waals surface area (Å²) in [4.78, 5) is 28.9. The molecule has 1 aromatic heterocycles. The lowest BCUT2D eigenvalue weighted by Gasteiger charge is -2.23. The minimum Gasteiger partial charge on any atom is -0.480 e. The third-order valence-electron chi connectivity index (χ3n) is 3.31. The Kier molecular flexibility index (Phi) is 3.98. The Balaban J connectivity index is 2.33. The van der Waals surface area contributed by atoms with E-state index >= 15 is 0 Å². The number of nitrogens with zero attached hydrogens (tertiary/aromatic N) is 2. The van der Waals surface area contributed by atoms with Gasteiger partial charge in [0.2, 0.25) is 0 Å². The fourth-order valence-corrected chi connectivity index (χ4v) is 2.17. The highest BCUT2D eigenvalue weighted by Crippen LogP contribution is 2.16. The van der Waals surface area contributed by atoms with Gasteiger partial charge >= 0.3 is 5.97 Å². The van der Waals surface area contributed by atoms with Gasteiger partial charge in [0.15, 0.2) is 0 Å². The van der Waals surface area contributed by atoms with Crippen molar-refractivity contribution in [1.29, 1.82) is 0 Å². The largest absolute Gasteiger partial charge is 0.480 e. The predicted molar refractivity (Wildman–Crippen MR) is 75.6 cm³/mol. The van der Waals surface area contributed by atoms with Crippen LogP contribution in [0, 0.1) is 0 Å². The van der Waals surface area contributed by atoms with Gasteiger partial charge in [0, 0.05) is 24.2 Å². The number of benzene rings is 1. The van der Waals surface area contributed by atoms with E-state index in [1.807, 2.05) is 6.07 Å². The molecule has 0 aliphatic rings. The van der Waals surface area contributed by atoms with Crippen LogP contribution < -0.4 is 0 Å². The highest BCUT2D eigenvalue weighted by molar-refractivity contribution is 5.99. The van der Waals surface area contributed by atoms with Crippen LogP contribution >= 0.6 is 0 Å². The first-order valence-electron chi connectivity index (χ1n) is 6.39. The fraction of sp³-hybridized carbons (Fsp3) is 0.267. The quantitative estimate of drug-likeness (QED) is 0.926. The van der Waals surface area contributed by atoms with Crippen molar-refractivity contribution in [2.24, 2.45) is 0 Å². The number of rotatable bonds is 4. The lowest BCUT2D eigenvalue weighted by Crippen LogP contribution is -2.41. The molecule has 0 radical (unpaired) electrons. The Morgan fingerprint density at radius 2 is 2.10 bits per heavy atom. The molecule has 1 N–H and O–H groups in total. The van der Waals surface area contributed by atoms with E-state index in [0.717, 1.165) is 10.9 Å². The number of carboxylic acids is 1. The number of aromatic nitrogens is 1. The number of hydrogen-bond acceptors (Lipinski definition) is 3. The van der Waals surface area contributed by atoms with E-state index in [0.29, 0.717) is 12.0 Å². The molecule has 20 heavy (non-hydrogen) atoms. The lowest BCUT2D eigenvalue weighted by atomic mass is 10.1. The van der Waals surface area contributed by atoms with Gasteiger partial charge in [-0.2, -0.15) is 0 Å². The van der Waals surface area contributed by atoms with Gasteiger partial charge in [-0.05, 0) is 30.7 Å². The van der Waals surface area contributed by atoms with Crippen LogP contribution in [0.3, 0.4) is 0 Å². The Bertz CT molecular complexity index is 654. The van der Waals surface area contributed by atoms with Crippen molar-refractivity contribution in [3.8, 4) is 0 Å². The molecule has 1 aromatic carbocycles. The second-order valence-electron chi connectivity index (χ2n) is 4.59. The van der Waals surface area contributed by atoms with Gasteiger partial charge in [-0.3, -0.25) is 9.78 Å². The van der Waals surface area contributed by atoms with Crippen LogP contribution in [0.1, 0.15) is 23.7 Å². The molecular formula is C15H16N2O3. The molecule has 0 fully saturated rings. The molecule has 2 aromatic rings. The lowest BCUT2D eigenvalue weighted by molar-refractivity contribution is -0.142. The van der Waals surface area contributed by atoms with Gasteiger partial charge in [-0.1, -0.05) is 13.0 Å². The number of hydrogen-bond donors (Lipinski definition) is 1. The van der Waals surface area contributed by atoms with Gasteiger partial charge in [-0.15, -0.1) is 0 Å². The average Bonchev–Trinajstić information content (AvgIpc) is 2.46. The number of amides is 1. The van der Waals surface area contributed by atoms with Gasteiger partial charge in [0.25, 0.3) is 5.91 Å². The Morgan fingerprint density at radius 3 is 2.75 bits per heavy atom. The summed E-state index contributed by atoms with van der Waals surface area (Å²) in [6, 6.07) is 8.02. The van der Waals surface area contributed by atoms with E-state index in [1.54, 1.807) is 37.4 Å². The summed E-state index contributed by atoms with van der Waals surface area (Å²) in [5.74, 6) is -1.30. The number of carbonyl (C=O) groups is 2. The summed E-state index contributed by atoms with van der Waals surface area (Å²) in [7, 11) is 1.51. The van der Waals surface area contributed by atoms with E-state index in [-0.39, 0.29) is 5.91 Å². The van der Waals surface area contributed by atoms with Crippen molar-refractivity contribution in [2.75, 3.05) is 7.05 Å². The molecule has 0 saturated heterocycles. The molecule has 0 aliphatic carbocycles. The molecule has 0 bridgehead atoms. The van der Waals surface area contributed by atoms with Crippen molar-refractivity contribution >= 4 is 22.8 Å². The third kappa shape index (κ3) is 2.61. The van der Waals surface area contributed by atoms with Crippen LogP contribution in [0.15, 0.2) is 36.5 Å². The molecule has 0 spiro atoms. The maximum Gasteiger partial charge on any atom is 0.326 e. The summed E-state index contributed by atoms with van der Waals surface area (Å²) in [5, 5.41) is 9.96. The number of fused-ring (bicyclic) bond motifs is 1. The molecule has 2 rings (SSSR count). The van der Waals surface area contributed by atoms with Crippen molar-refractivity contribution in [1.82, 2.24) is 9.88 Å². The predicted octanol–water partition coefficient (Wildman–Crippen LogP) is 2.17. The van der Waals surface area contributed by atoms with Crippen LogP contribution in [0.25, 0.3) is 10.9 Å². The summed E-state index contributed by atoms with van der Waals surface area (Å²) >= 11 is 0. The Morgan fingerprint density at radius 1 is 1.35 bits per heavy atom. The van der Waals surface area contributed by atoms with Gasteiger partial charge < -0.3 is 10.0 Å². The van der Waals surface area contributed by atoms with Crippen molar-refractivity contribution in [3.05, 3.63) is 42.1 Å². The number of pyridine rings is 1. The third-order valence-corrected chi connectivity index (χ3v) is 3.31. The summed E-state index contributed by atoms with van der Waals surface area (Å²) in [5.41, 5.74) is 1.27. The molecule has 104 valence electrons. The molecule has 0 saturated carbocycles. The van der Waals surface area contributed by atoms with Crippen LogP contribution in [-0.2, 0) is 4.79 Å². The molecule has 5 heteroatoms. The second kappa shape index (κ2) is 5.69. The van der Waals surface area contributed by atoms with Crippen LogP contribution in [0.5, 0.6) is 0 Å². The second-order valence-corrected chi connectivity index (χ2v) is 4.59. The topological polar surface area (TPSA) is 70.5 Å². The number of aliphatic carboxylic acids is 1. The van der Waals surface area contributed by atoms with Crippen molar-refractivity contribution in [2.45, 2.75) is 19.4 Å². The maximum atomic E-state index is 12.3. The van der Waals surface area contributed by atoms with Crippen molar-refractivity contribution in [3.63, 3.8) is 0 Å². The van der Waals surface area contributed by atoms with Gasteiger partial charge in [0.05, 0.1) is 5.52 Å². The SMILES string of the molecule is CCC(C(=O)O)N(C)C(=O)c1ccc2ncccc2c1. The number of likely N-dealkylation sites (N-methyl/N-ethyl adjacent to an activating group) is 1. The molecule has 0 aliphatic heterocycles. The maximum absolute atomic E-state index is 12.3. The van der Waals surface area contributed by atoms with Crippen LogP contribution in [-0.4, -0.2) is 40.0 Å². The normalized spacial score (nSPS) is 12.1. The molecule has 1 heterocycles. The smallest absolute Gasteiger partial charge is 0.326 e. The highest BCUT2D eigenvalue weighted by atomic mass is 16.4. The minimum absolute atomic E-state index is 0.301. The monoisotopic (exact) mass is 272 g/mol. The summed E-state index contributed by atoms with van der Waals surface area (Å²) in [6.07, 6.45) is 2.06. The first-order chi connectivity index (χ1) is 9.54. The first-order valence-corrected chi connectivity index (χ1v) is 6.39. The van der Waals surface area contributed by atoms with Gasteiger partial charge in [0.1, 0.15) is 6.04 Å². The molecular weight excluding hydrogens is 256 g/mol. The highest BCUT2D eigenvalue weighted by Gasteiger charge is 2.25. The van der Waals surface area contributed by atoms with Gasteiger partial charge in [-0.25, -0.2) is 4.79 Å². The fourth-order valence-electron chi connectivity index (χ4n) is 2.17. The van der Waals surface area contributed by atoms with E-state index in [4.69, 9.17) is 5.11 Å². The Hall–Kier alpha value is -2.43. The molecule has 5 nitrogen and oxygen atoms in total. The zero-order chi connectivity index (χ0) is 14.7.